The van der Waals surface area contributed by atoms with Crippen LogP contribution in [0.3, 0.4) is 0 Å². The number of carbonyl (C=O) groups excluding carboxylic acids is 2. The van der Waals surface area contributed by atoms with Crippen molar-refractivity contribution >= 4 is 27.5 Å². The molecule has 2 amide bonds. The molecule has 2 aromatic carbocycles. The summed E-state index contributed by atoms with van der Waals surface area (Å²) >= 11 is 0. The highest BCUT2D eigenvalue weighted by Gasteiger charge is 2.32. The summed E-state index contributed by atoms with van der Waals surface area (Å²) in [6, 6.07) is 11.4. The number of halogens is 2. The molecule has 1 aliphatic rings. The third-order valence-electron chi connectivity index (χ3n) is 6.44. The van der Waals surface area contributed by atoms with Crippen molar-refractivity contribution in [3.05, 3.63) is 65.7 Å². The first-order valence-corrected chi connectivity index (χ1v) is 14.0. The summed E-state index contributed by atoms with van der Waals surface area (Å²) in [6.07, 6.45) is 5.54. The SMILES string of the molecule is CC[C@H](C(=O)NC1CCCC1)N(CCc1ccccc1)C(=O)CN(c1ccc(F)c(F)c1)S(C)(=O)=O. The van der Waals surface area contributed by atoms with Crippen LogP contribution in [0.2, 0.25) is 0 Å². The van der Waals surface area contributed by atoms with Gasteiger partial charge in [-0.1, -0.05) is 50.1 Å². The second kappa shape index (κ2) is 12.3. The van der Waals surface area contributed by atoms with Crippen molar-refractivity contribution in [3.8, 4) is 0 Å². The predicted molar refractivity (Wildman–Crippen MR) is 135 cm³/mol. The molecule has 2 aromatic rings. The Morgan fingerprint density at radius 2 is 1.72 bits per heavy atom. The largest absolute Gasteiger partial charge is 0.352 e. The number of rotatable bonds is 11. The van der Waals surface area contributed by atoms with Crippen LogP contribution in [0.1, 0.15) is 44.6 Å². The lowest BCUT2D eigenvalue weighted by Gasteiger charge is -2.33. The molecule has 3 rings (SSSR count). The zero-order chi connectivity index (χ0) is 26.3. The molecule has 0 spiro atoms. The van der Waals surface area contributed by atoms with E-state index < -0.39 is 40.2 Å². The number of anilines is 1. The first-order chi connectivity index (χ1) is 17.1. The van der Waals surface area contributed by atoms with Gasteiger partial charge in [-0.25, -0.2) is 17.2 Å². The van der Waals surface area contributed by atoms with Crippen molar-refractivity contribution in [1.29, 1.82) is 0 Å². The van der Waals surface area contributed by atoms with Gasteiger partial charge in [0.05, 0.1) is 11.9 Å². The Labute approximate surface area is 211 Å². The Morgan fingerprint density at radius 3 is 2.31 bits per heavy atom. The van der Waals surface area contributed by atoms with Gasteiger partial charge in [-0.15, -0.1) is 0 Å². The molecule has 1 aliphatic carbocycles. The molecular weight excluding hydrogens is 488 g/mol. The van der Waals surface area contributed by atoms with E-state index in [1.807, 2.05) is 30.3 Å². The zero-order valence-corrected chi connectivity index (χ0v) is 21.4. The van der Waals surface area contributed by atoms with Crippen molar-refractivity contribution in [3.63, 3.8) is 0 Å². The fraction of sp³-hybridized carbons (Fsp3) is 0.462. The Hall–Kier alpha value is -3.01. The Morgan fingerprint density at radius 1 is 1.06 bits per heavy atom. The van der Waals surface area contributed by atoms with E-state index in [1.54, 1.807) is 6.92 Å². The fourth-order valence-corrected chi connectivity index (χ4v) is 5.36. The number of carbonyl (C=O) groups is 2. The van der Waals surface area contributed by atoms with Crippen LogP contribution in [-0.4, -0.2) is 56.6 Å². The first-order valence-electron chi connectivity index (χ1n) is 12.2. The third kappa shape index (κ3) is 7.25. The highest BCUT2D eigenvalue weighted by Crippen LogP contribution is 2.22. The van der Waals surface area contributed by atoms with Crippen LogP contribution >= 0.6 is 0 Å². The van der Waals surface area contributed by atoms with Crippen molar-refractivity contribution in [2.45, 2.75) is 57.5 Å². The van der Waals surface area contributed by atoms with Gasteiger partial charge in [-0.2, -0.15) is 0 Å². The van der Waals surface area contributed by atoms with E-state index in [0.29, 0.717) is 12.8 Å². The number of hydrogen-bond donors (Lipinski definition) is 1. The molecule has 0 aliphatic heterocycles. The highest BCUT2D eigenvalue weighted by atomic mass is 32.2. The number of hydrogen-bond acceptors (Lipinski definition) is 4. The van der Waals surface area contributed by atoms with Gasteiger partial charge in [0.1, 0.15) is 12.6 Å². The van der Waals surface area contributed by atoms with Gasteiger partial charge in [0, 0.05) is 18.7 Å². The standard InChI is InChI=1S/C26H33F2N3O4S/c1-3-24(26(33)29-20-11-7-8-12-20)30(16-15-19-9-5-4-6-10-19)25(32)18-31(36(2,34)35)21-13-14-22(27)23(28)17-21/h4-6,9-10,13-14,17,20,24H,3,7-8,11-12,15-16,18H2,1-2H3,(H,29,33)/t24-/m1/s1. The van der Waals surface area contributed by atoms with Crippen LogP contribution in [0.4, 0.5) is 14.5 Å². The molecule has 1 N–H and O–H groups in total. The second-order valence-corrected chi connectivity index (χ2v) is 11.0. The Bertz CT molecular complexity index is 1160. The molecule has 1 fully saturated rings. The maximum absolute atomic E-state index is 13.9. The number of amides is 2. The third-order valence-corrected chi connectivity index (χ3v) is 7.58. The van der Waals surface area contributed by atoms with E-state index in [9.17, 15) is 26.8 Å². The number of nitrogens with one attached hydrogen (secondary N) is 1. The summed E-state index contributed by atoms with van der Waals surface area (Å²) < 4.78 is 53.1. The summed E-state index contributed by atoms with van der Waals surface area (Å²) in [7, 11) is -4.02. The van der Waals surface area contributed by atoms with E-state index in [2.05, 4.69) is 5.32 Å². The lowest BCUT2D eigenvalue weighted by Crippen LogP contribution is -2.54. The van der Waals surface area contributed by atoms with Gasteiger partial charge in [0.15, 0.2) is 11.6 Å². The second-order valence-electron chi connectivity index (χ2n) is 9.10. The molecule has 0 radical (unpaired) electrons. The number of benzene rings is 2. The van der Waals surface area contributed by atoms with Crippen molar-refractivity contribution in [2.24, 2.45) is 0 Å². The van der Waals surface area contributed by atoms with Crippen LogP contribution in [-0.2, 0) is 26.0 Å². The molecule has 196 valence electrons. The monoisotopic (exact) mass is 521 g/mol. The van der Waals surface area contributed by atoms with Gasteiger partial charge in [0.2, 0.25) is 21.8 Å². The van der Waals surface area contributed by atoms with Crippen LogP contribution in [0, 0.1) is 11.6 Å². The molecule has 0 heterocycles. The molecule has 1 saturated carbocycles. The van der Waals surface area contributed by atoms with Gasteiger partial charge in [-0.3, -0.25) is 13.9 Å². The molecular formula is C26H33F2N3O4S. The van der Waals surface area contributed by atoms with E-state index >= 15 is 0 Å². The van der Waals surface area contributed by atoms with Gasteiger partial charge in [0.25, 0.3) is 0 Å². The molecule has 10 heteroatoms. The summed E-state index contributed by atoms with van der Waals surface area (Å²) in [6.45, 7) is 1.34. The van der Waals surface area contributed by atoms with Crippen LogP contribution in [0.25, 0.3) is 0 Å². The van der Waals surface area contributed by atoms with E-state index in [1.165, 1.54) is 4.90 Å². The molecule has 7 nitrogen and oxygen atoms in total. The minimum absolute atomic E-state index is 0.0623. The molecule has 0 aromatic heterocycles. The summed E-state index contributed by atoms with van der Waals surface area (Å²) in [5.74, 6) is -3.23. The average Bonchev–Trinajstić information content (AvgIpc) is 3.34. The summed E-state index contributed by atoms with van der Waals surface area (Å²) in [4.78, 5) is 28.2. The first kappa shape index (κ1) is 27.6. The van der Waals surface area contributed by atoms with E-state index in [4.69, 9.17) is 0 Å². The normalized spacial score (nSPS) is 14.9. The Balaban J connectivity index is 1.87. The van der Waals surface area contributed by atoms with Gasteiger partial charge in [-0.05, 0) is 43.4 Å². The molecule has 0 bridgehead atoms. The topological polar surface area (TPSA) is 86.8 Å². The Kier molecular flexibility index (Phi) is 9.42. The van der Waals surface area contributed by atoms with Gasteiger partial charge >= 0.3 is 0 Å². The van der Waals surface area contributed by atoms with Crippen molar-refractivity contribution in [2.75, 3.05) is 23.7 Å². The number of sulfonamides is 1. The maximum Gasteiger partial charge on any atom is 0.244 e. The molecule has 0 unspecified atom stereocenters. The van der Waals surface area contributed by atoms with Gasteiger partial charge < -0.3 is 10.2 Å². The van der Waals surface area contributed by atoms with Crippen molar-refractivity contribution in [1.82, 2.24) is 10.2 Å². The van der Waals surface area contributed by atoms with Crippen LogP contribution in [0.15, 0.2) is 48.5 Å². The predicted octanol–water partition coefficient (Wildman–Crippen LogP) is 3.64. The highest BCUT2D eigenvalue weighted by molar-refractivity contribution is 7.92. The zero-order valence-electron chi connectivity index (χ0n) is 20.6. The van der Waals surface area contributed by atoms with E-state index in [0.717, 1.165) is 60.0 Å². The van der Waals surface area contributed by atoms with Crippen LogP contribution < -0.4 is 9.62 Å². The average molecular weight is 522 g/mol. The lowest BCUT2D eigenvalue weighted by atomic mass is 10.1. The molecule has 0 saturated heterocycles. The quantitative estimate of drug-likeness (QED) is 0.489. The smallest absolute Gasteiger partial charge is 0.244 e. The number of nitrogens with zero attached hydrogens (tertiary/aromatic N) is 2. The molecule has 36 heavy (non-hydrogen) atoms. The minimum Gasteiger partial charge on any atom is -0.352 e. The van der Waals surface area contributed by atoms with Crippen LogP contribution in [0.5, 0.6) is 0 Å². The summed E-state index contributed by atoms with van der Waals surface area (Å²) in [5, 5.41) is 3.04. The molecule has 1 atom stereocenters. The maximum atomic E-state index is 13.9. The summed E-state index contributed by atoms with van der Waals surface area (Å²) in [5.41, 5.74) is 0.790. The minimum atomic E-state index is -4.02. The lowest BCUT2D eigenvalue weighted by molar-refractivity contribution is -0.139. The van der Waals surface area contributed by atoms with E-state index in [-0.39, 0.29) is 24.2 Å². The fourth-order valence-electron chi connectivity index (χ4n) is 4.52. The van der Waals surface area contributed by atoms with Crippen molar-refractivity contribution < 1.29 is 26.8 Å².